The van der Waals surface area contributed by atoms with Crippen LogP contribution >= 0.6 is 11.6 Å². The van der Waals surface area contributed by atoms with Gasteiger partial charge < -0.3 is 20.4 Å². The van der Waals surface area contributed by atoms with Crippen LogP contribution in [-0.4, -0.2) is 72.5 Å². The van der Waals surface area contributed by atoms with E-state index in [1.54, 1.807) is 36.7 Å². The number of carbonyl (C=O) groups excluding carboxylic acids is 1. The van der Waals surface area contributed by atoms with Gasteiger partial charge in [0.1, 0.15) is 0 Å². The third kappa shape index (κ3) is 6.05. The molecule has 2 heterocycles. The lowest BCUT2D eigenvalue weighted by Crippen LogP contribution is -2.53. The van der Waals surface area contributed by atoms with Gasteiger partial charge in [0.2, 0.25) is 5.95 Å². The third-order valence-electron chi connectivity index (χ3n) is 4.51. The fourth-order valence-corrected chi connectivity index (χ4v) is 3.16. The first-order chi connectivity index (χ1) is 14.2. The standard InChI is InChI=1S/C20H26ClN7O/c1-2-22-19(26-11-10-23-18(29)16-4-6-17(21)7-5-16)27-12-14-28(15-13-27)20-24-8-3-9-25-20/h3-9H,2,10-15H2,1H3,(H,22,26)(H,23,29). The van der Waals surface area contributed by atoms with Crippen LogP contribution in [0.1, 0.15) is 17.3 Å². The monoisotopic (exact) mass is 415 g/mol. The highest BCUT2D eigenvalue weighted by Gasteiger charge is 2.20. The van der Waals surface area contributed by atoms with Gasteiger partial charge in [-0.15, -0.1) is 0 Å². The molecule has 1 aliphatic rings. The Morgan fingerprint density at radius 2 is 1.79 bits per heavy atom. The van der Waals surface area contributed by atoms with Gasteiger partial charge in [0, 0.05) is 62.2 Å². The van der Waals surface area contributed by atoms with Crippen molar-refractivity contribution >= 4 is 29.4 Å². The van der Waals surface area contributed by atoms with E-state index in [0.717, 1.165) is 44.6 Å². The molecule has 29 heavy (non-hydrogen) atoms. The van der Waals surface area contributed by atoms with Crippen LogP contribution in [0.25, 0.3) is 0 Å². The lowest BCUT2D eigenvalue weighted by atomic mass is 10.2. The Kier molecular flexibility index (Phi) is 7.63. The van der Waals surface area contributed by atoms with Gasteiger partial charge in [-0.3, -0.25) is 9.79 Å². The number of guanidine groups is 1. The number of aromatic nitrogens is 2. The Balaban J connectivity index is 1.48. The molecular formula is C20H26ClN7O. The molecule has 0 atom stereocenters. The predicted molar refractivity (Wildman–Crippen MR) is 116 cm³/mol. The zero-order chi connectivity index (χ0) is 20.5. The molecule has 0 unspecified atom stereocenters. The van der Waals surface area contributed by atoms with Crippen molar-refractivity contribution in [2.24, 2.45) is 4.99 Å². The van der Waals surface area contributed by atoms with Gasteiger partial charge in [0.05, 0.1) is 6.54 Å². The van der Waals surface area contributed by atoms with Crippen LogP contribution in [0, 0.1) is 0 Å². The number of rotatable bonds is 6. The first-order valence-electron chi connectivity index (χ1n) is 9.76. The average Bonchev–Trinajstić information content (AvgIpc) is 2.77. The zero-order valence-corrected chi connectivity index (χ0v) is 17.3. The summed E-state index contributed by atoms with van der Waals surface area (Å²) in [7, 11) is 0. The van der Waals surface area contributed by atoms with Crippen molar-refractivity contribution in [2.75, 3.05) is 50.7 Å². The molecule has 1 aromatic heterocycles. The molecule has 1 aromatic carbocycles. The number of hydrogen-bond acceptors (Lipinski definition) is 5. The van der Waals surface area contributed by atoms with Gasteiger partial charge >= 0.3 is 0 Å². The number of anilines is 1. The summed E-state index contributed by atoms with van der Waals surface area (Å²) in [6, 6.07) is 8.65. The van der Waals surface area contributed by atoms with Gasteiger partial charge in [-0.05, 0) is 37.3 Å². The Hall–Kier alpha value is -2.87. The highest BCUT2D eigenvalue weighted by atomic mass is 35.5. The number of halogens is 1. The van der Waals surface area contributed by atoms with E-state index in [1.165, 1.54) is 0 Å². The molecule has 1 aliphatic heterocycles. The van der Waals surface area contributed by atoms with E-state index in [1.807, 2.05) is 13.0 Å². The second-order valence-electron chi connectivity index (χ2n) is 6.52. The molecule has 0 saturated carbocycles. The number of amides is 1. The average molecular weight is 416 g/mol. The van der Waals surface area contributed by atoms with Gasteiger partial charge in [-0.2, -0.15) is 0 Å². The number of hydrogen-bond donors (Lipinski definition) is 2. The van der Waals surface area contributed by atoms with Crippen LogP contribution in [-0.2, 0) is 0 Å². The molecule has 8 nitrogen and oxygen atoms in total. The molecule has 1 amide bonds. The van der Waals surface area contributed by atoms with E-state index in [9.17, 15) is 4.79 Å². The van der Waals surface area contributed by atoms with Crippen molar-refractivity contribution in [3.8, 4) is 0 Å². The number of benzene rings is 1. The van der Waals surface area contributed by atoms with Gasteiger partial charge in [-0.1, -0.05) is 11.6 Å². The molecule has 1 fully saturated rings. The second kappa shape index (κ2) is 10.6. The van der Waals surface area contributed by atoms with Crippen molar-refractivity contribution in [1.29, 1.82) is 0 Å². The lowest BCUT2D eigenvalue weighted by Gasteiger charge is -2.36. The molecule has 1 saturated heterocycles. The Bertz CT molecular complexity index is 805. The molecule has 2 aromatic rings. The topological polar surface area (TPSA) is 85.8 Å². The summed E-state index contributed by atoms with van der Waals surface area (Å²) in [4.78, 5) is 29.8. The summed E-state index contributed by atoms with van der Waals surface area (Å²) in [6.45, 7) is 7.15. The van der Waals surface area contributed by atoms with Crippen molar-refractivity contribution in [3.63, 3.8) is 0 Å². The summed E-state index contributed by atoms with van der Waals surface area (Å²) in [5.74, 6) is 1.50. The van der Waals surface area contributed by atoms with E-state index >= 15 is 0 Å². The number of nitrogens with zero attached hydrogens (tertiary/aromatic N) is 5. The smallest absolute Gasteiger partial charge is 0.251 e. The quantitative estimate of drug-likeness (QED) is 0.424. The summed E-state index contributed by atoms with van der Waals surface area (Å²) in [6.07, 6.45) is 3.52. The van der Waals surface area contributed by atoms with Crippen LogP contribution in [0.15, 0.2) is 47.7 Å². The Morgan fingerprint density at radius 3 is 2.45 bits per heavy atom. The fourth-order valence-electron chi connectivity index (χ4n) is 3.03. The second-order valence-corrected chi connectivity index (χ2v) is 6.96. The number of aliphatic imine (C=N–C) groups is 1. The minimum atomic E-state index is -0.127. The first-order valence-corrected chi connectivity index (χ1v) is 10.1. The van der Waals surface area contributed by atoms with Crippen molar-refractivity contribution in [1.82, 2.24) is 25.5 Å². The number of nitrogens with one attached hydrogen (secondary N) is 2. The highest BCUT2D eigenvalue weighted by molar-refractivity contribution is 6.30. The lowest BCUT2D eigenvalue weighted by molar-refractivity contribution is 0.0955. The maximum atomic E-state index is 12.2. The summed E-state index contributed by atoms with van der Waals surface area (Å²) in [5, 5.41) is 6.83. The van der Waals surface area contributed by atoms with Crippen LogP contribution < -0.4 is 15.5 Å². The first kappa shape index (κ1) is 20.9. The van der Waals surface area contributed by atoms with Crippen LogP contribution in [0.2, 0.25) is 5.02 Å². The van der Waals surface area contributed by atoms with E-state index < -0.39 is 0 Å². The summed E-state index contributed by atoms with van der Waals surface area (Å²) in [5.41, 5.74) is 0.588. The maximum absolute atomic E-state index is 12.2. The largest absolute Gasteiger partial charge is 0.357 e. The molecule has 154 valence electrons. The molecule has 9 heteroatoms. The minimum Gasteiger partial charge on any atom is -0.357 e. The van der Waals surface area contributed by atoms with Crippen LogP contribution in [0.5, 0.6) is 0 Å². The third-order valence-corrected chi connectivity index (χ3v) is 4.77. The van der Waals surface area contributed by atoms with Crippen LogP contribution in [0.3, 0.4) is 0 Å². The summed E-state index contributed by atoms with van der Waals surface area (Å²) < 4.78 is 0. The zero-order valence-electron chi connectivity index (χ0n) is 16.5. The van der Waals surface area contributed by atoms with Crippen molar-refractivity contribution in [3.05, 3.63) is 53.3 Å². The highest BCUT2D eigenvalue weighted by Crippen LogP contribution is 2.10. The molecule has 0 spiro atoms. The normalized spacial score (nSPS) is 14.6. The predicted octanol–water partition coefficient (Wildman–Crippen LogP) is 1.65. The van der Waals surface area contributed by atoms with Gasteiger partial charge in [0.25, 0.3) is 5.91 Å². The van der Waals surface area contributed by atoms with Crippen molar-refractivity contribution < 1.29 is 4.79 Å². The van der Waals surface area contributed by atoms with Crippen LogP contribution in [0.4, 0.5) is 5.95 Å². The number of piperazine rings is 1. The number of carbonyl (C=O) groups is 1. The molecule has 0 aliphatic carbocycles. The molecular weight excluding hydrogens is 390 g/mol. The molecule has 0 radical (unpaired) electrons. The van der Waals surface area contributed by atoms with Gasteiger partial charge in [0.15, 0.2) is 5.96 Å². The molecule has 2 N–H and O–H groups in total. The maximum Gasteiger partial charge on any atom is 0.251 e. The summed E-state index contributed by atoms with van der Waals surface area (Å²) >= 11 is 5.85. The van der Waals surface area contributed by atoms with E-state index in [2.05, 4.69) is 35.4 Å². The SMILES string of the molecule is CCNC(=NCCNC(=O)c1ccc(Cl)cc1)N1CCN(c2ncccn2)CC1. The Morgan fingerprint density at radius 1 is 1.10 bits per heavy atom. The van der Waals surface area contributed by atoms with Gasteiger partial charge in [-0.25, -0.2) is 9.97 Å². The minimum absolute atomic E-state index is 0.127. The fraction of sp³-hybridized carbons (Fsp3) is 0.400. The molecule has 3 rings (SSSR count). The van der Waals surface area contributed by atoms with E-state index in [0.29, 0.717) is 23.7 Å². The molecule has 0 bridgehead atoms. The van der Waals surface area contributed by atoms with E-state index in [-0.39, 0.29) is 5.91 Å². The Labute approximate surface area is 176 Å². The van der Waals surface area contributed by atoms with E-state index in [4.69, 9.17) is 11.6 Å². The van der Waals surface area contributed by atoms with Crippen molar-refractivity contribution in [2.45, 2.75) is 6.92 Å².